The minimum atomic E-state index is -0.826. The lowest BCUT2D eigenvalue weighted by atomic mass is 9.93. The molecule has 1 atom stereocenters. The molecule has 1 unspecified atom stereocenters. The van der Waals surface area contributed by atoms with Gasteiger partial charge in [-0.25, -0.2) is 0 Å². The number of pyridine rings is 1. The van der Waals surface area contributed by atoms with Crippen LogP contribution in [0.3, 0.4) is 0 Å². The summed E-state index contributed by atoms with van der Waals surface area (Å²) in [5.41, 5.74) is 5.54. The molecular weight excluding hydrogens is 228 g/mol. The molecule has 0 bridgehead atoms. The highest BCUT2D eigenvalue weighted by Crippen LogP contribution is 2.26. The van der Waals surface area contributed by atoms with Crippen molar-refractivity contribution in [1.82, 2.24) is 15.2 Å². The van der Waals surface area contributed by atoms with Crippen molar-refractivity contribution in [2.24, 2.45) is 5.73 Å². The monoisotopic (exact) mass is 248 g/mol. The molecule has 0 radical (unpaired) electrons. The Morgan fingerprint density at radius 2 is 2.28 bits per heavy atom. The van der Waals surface area contributed by atoms with E-state index in [0.29, 0.717) is 0 Å². The molecule has 18 heavy (non-hydrogen) atoms. The highest BCUT2D eigenvalue weighted by atomic mass is 16.1. The number of carbonyl (C=O) groups excluding carboxylic acids is 1. The summed E-state index contributed by atoms with van der Waals surface area (Å²) in [6.07, 6.45) is 2.71. The molecule has 98 valence electrons. The second-order valence-electron chi connectivity index (χ2n) is 4.74. The fourth-order valence-corrected chi connectivity index (χ4v) is 2.39. The van der Waals surface area contributed by atoms with E-state index in [2.05, 4.69) is 15.2 Å². The normalized spacial score (nSPS) is 20.9. The summed E-state index contributed by atoms with van der Waals surface area (Å²) >= 11 is 0. The van der Waals surface area contributed by atoms with Gasteiger partial charge in [0, 0.05) is 25.8 Å². The summed E-state index contributed by atoms with van der Waals surface area (Å²) in [7, 11) is 0. The number of amides is 1. The number of nitrogens with two attached hydrogens (primary N) is 1. The van der Waals surface area contributed by atoms with E-state index < -0.39 is 5.54 Å². The van der Waals surface area contributed by atoms with Crippen LogP contribution in [0.4, 0.5) is 0 Å². The number of aromatic nitrogens is 1. The summed E-state index contributed by atoms with van der Waals surface area (Å²) in [5, 5.41) is 3.33. The minimum absolute atomic E-state index is 0.344. The molecule has 1 aliphatic heterocycles. The van der Waals surface area contributed by atoms with Crippen LogP contribution in [-0.4, -0.2) is 42.0 Å². The summed E-state index contributed by atoms with van der Waals surface area (Å²) in [6.45, 7) is 5.37. The molecule has 2 heterocycles. The van der Waals surface area contributed by atoms with Crippen LogP contribution in [0.5, 0.6) is 0 Å². The second-order valence-corrected chi connectivity index (χ2v) is 4.74. The van der Waals surface area contributed by atoms with E-state index in [1.54, 1.807) is 6.20 Å². The van der Waals surface area contributed by atoms with Crippen LogP contribution in [0.2, 0.25) is 0 Å². The average Bonchev–Trinajstić information content (AvgIpc) is 2.67. The molecule has 1 amide bonds. The number of carbonyl (C=O) groups is 1. The van der Waals surface area contributed by atoms with E-state index in [-0.39, 0.29) is 5.91 Å². The maximum absolute atomic E-state index is 12.0. The molecule has 1 aliphatic rings. The molecule has 1 saturated heterocycles. The van der Waals surface area contributed by atoms with E-state index in [0.717, 1.165) is 38.3 Å². The van der Waals surface area contributed by atoms with Crippen LogP contribution < -0.4 is 11.1 Å². The molecule has 1 fully saturated rings. The van der Waals surface area contributed by atoms with E-state index in [1.165, 1.54) is 0 Å². The quantitative estimate of drug-likeness (QED) is 0.794. The van der Waals surface area contributed by atoms with Gasteiger partial charge >= 0.3 is 0 Å². The van der Waals surface area contributed by atoms with Gasteiger partial charge in [0.15, 0.2) is 0 Å². The summed E-state index contributed by atoms with van der Waals surface area (Å²) in [6, 6.07) is 5.59. The molecule has 1 aromatic rings. The van der Waals surface area contributed by atoms with Gasteiger partial charge in [-0.2, -0.15) is 0 Å². The molecule has 3 N–H and O–H groups in total. The average molecular weight is 248 g/mol. The van der Waals surface area contributed by atoms with E-state index in [9.17, 15) is 4.79 Å². The second kappa shape index (κ2) is 5.46. The predicted octanol–water partition coefficient (Wildman–Crippen LogP) is 0.0774. The molecule has 0 aromatic carbocycles. The summed E-state index contributed by atoms with van der Waals surface area (Å²) in [5.74, 6) is -0.344. The topological polar surface area (TPSA) is 71.2 Å². The van der Waals surface area contributed by atoms with Crippen molar-refractivity contribution < 1.29 is 4.79 Å². The molecule has 0 spiro atoms. The van der Waals surface area contributed by atoms with Crippen LogP contribution >= 0.6 is 0 Å². The van der Waals surface area contributed by atoms with Crippen LogP contribution in [0, 0.1) is 0 Å². The first kappa shape index (κ1) is 13.0. The number of hydrogen-bond donors (Lipinski definition) is 2. The van der Waals surface area contributed by atoms with Gasteiger partial charge in [-0.05, 0) is 32.0 Å². The lowest BCUT2D eigenvalue weighted by molar-refractivity contribution is -0.130. The first-order valence-corrected chi connectivity index (χ1v) is 6.33. The van der Waals surface area contributed by atoms with Crippen LogP contribution in [0.25, 0.3) is 0 Å². The Labute approximate surface area is 107 Å². The number of nitrogens with zero attached hydrogens (tertiary/aromatic N) is 2. The van der Waals surface area contributed by atoms with Gasteiger partial charge in [-0.3, -0.25) is 14.7 Å². The molecule has 1 aromatic heterocycles. The van der Waals surface area contributed by atoms with Crippen molar-refractivity contribution in [1.29, 1.82) is 0 Å². The van der Waals surface area contributed by atoms with Gasteiger partial charge in [0.25, 0.3) is 0 Å². The lowest BCUT2D eigenvalue weighted by Crippen LogP contribution is -2.54. The summed E-state index contributed by atoms with van der Waals surface area (Å²) < 4.78 is 0. The molecule has 0 aliphatic carbocycles. The molecule has 2 rings (SSSR count). The standard InChI is InChI=1S/C13H20N4O/c1-13(12(14)18,11-5-2-3-7-16-11)17-9-4-6-15-8-10-17/h2-3,5,7,15H,4,6,8-10H2,1H3,(H2,14,18). The van der Waals surface area contributed by atoms with Crippen LogP contribution in [0.1, 0.15) is 19.0 Å². The number of nitrogens with one attached hydrogen (secondary N) is 1. The van der Waals surface area contributed by atoms with Crippen molar-refractivity contribution in [2.75, 3.05) is 26.2 Å². The Morgan fingerprint density at radius 3 is 2.94 bits per heavy atom. The molecular formula is C13H20N4O. The fourth-order valence-electron chi connectivity index (χ4n) is 2.39. The van der Waals surface area contributed by atoms with Crippen LogP contribution in [-0.2, 0) is 10.3 Å². The zero-order chi connectivity index (χ0) is 13.0. The van der Waals surface area contributed by atoms with Crippen LogP contribution in [0.15, 0.2) is 24.4 Å². The zero-order valence-electron chi connectivity index (χ0n) is 10.7. The first-order valence-electron chi connectivity index (χ1n) is 6.33. The van der Waals surface area contributed by atoms with E-state index in [1.807, 2.05) is 25.1 Å². The maximum Gasteiger partial charge on any atom is 0.243 e. The zero-order valence-corrected chi connectivity index (χ0v) is 10.7. The first-order chi connectivity index (χ1) is 8.65. The highest BCUT2D eigenvalue weighted by Gasteiger charge is 2.40. The predicted molar refractivity (Wildman–Crippen MR) is 69.8 cm³/mol. The van der Waals surface area contributed by atoms with Gasteiger partial charge in [-0.1, -0.05) is 6.07 Å². The Bertz CT molecular complexity index is 401. The Hall–Kier alpha value is -1.46. The van der Waals surface area contributed by atoms with E-state index in [4.69, 9.17) is 5.73 Å². The fraction of sp³-hybridized carbons (Fsp3) is 0.538. The Kier molecular flexibility index (Phi) is 3.93. The molecule has 0 saturated carbocycles. The van der Waals surface area contributed by atoms with Crippen molar-refractivity contribution in [3.05, 3.63) is 30.1 Å². The Balaban J connectivity index is 2.34. The molecule has 5 nitrogen and oxygen atoms in total. The van der Waals surface area contributed by atoms with Gasteiger partial charge in [-0.15, -0.1) is 0 Å². The third-order valence-electron chi connectivity index (χ3n) is 3.62. The largest absolute Gasteiger partial charge is 0.368 e. The van der Waals surface area contributed by atoms with Gasteiger partial charge < -0.3 is 11.1 Å². The number of rotatable bonds is 3. The van der Waals surface area contributed by atoms with Crippen molar-refractivity contribution >= 4 is 5.91 Å². The van der Waals surface area contributed by atoms with E-state index >= 15 is 0 Å². The SMILES string of the molecule is CC(C(N)=O)(c1ccccn1)N1CCCNCC1. The smallest absolute Gasteiger partial charge is 0.243 e. The van der Waals surface area contributed by atoms with Crippen molar-refractivity contribution in [2.45, 2.75) is 18.9 Å². The Morgan fingerprint density at radius 1 is 1.44 bits per heavy atom. The third kappa shape index (κ3) is 2.37. The maximum atomic E-state index is 12.0. The minimum Gasteiger partial charge on any atom is -0.368 e. The van der Waals surface area contributed by atoms with Gasteiger partial charge in [0.2, 0.25) is 5.91 Å². The highest BCUT2D eigenvalue weighted by molar-refractivity contribution is 5.85. The van der Waals surface area contributed by atoms with Crippen molar-refractivity contribution in [3.63, 3.8) is 0 Å². The lowest BCUT2D eigenvalue weighted by Gasteiger charge is -2.37. The number of hydrogen-bond acceptors (Lipinski definition) is 4. The third-order valence-corrected chi connectivity index (χ3v) is 3.62. The molecule has 5 heteroatoms. The van der Waals surface area contributed by atoms with Gasteiger partial charge in [0.1, 0.15) is 5.54 Å². The number of primary amides is 1. The van der Waals surface area contributed by atoms with Crippen molar-refractivity contribution in [3.8, 4) is 0 Å². The van der Waals surface area contributed by atoms with Gasteiger partial charge in [0.05, 0.1) is 5.69 Å². The summed E-state index contributed by atoms with van der Waals surface area (Å²) in [4.78, 5) is 18.4.